The van der Waals surface area contributed by atoms with Crippen molar-refractivity contribution in [1.29, 1.82) is 0 Å². The molecule has 18 heavy (non-hydrogen) atoms. The Kier molecular flexibility index (Phi) is 4.44. The molecule has 4 nitrogen and oxygen atoms in total. The van der Waals surface area contributed by atoms with E-state index in [9.17, 15) is 0 Å². The van der Waals surface area contributed by atoms with E-state index < -0.39 is 0 Å². The van der Waals surface area contributed by atoms with Gasteiger partial charge in [-0.1, -0.05) is 19.4 Å². The van der Waals surface area contributed by atoms with Gasteiger partial charge >= 0.3 is 0 Å². The van der Waals surface area contributed by atoms with Crippen molar-refractivity contribution in [2.45, 2.75) is 38.8 Å². The van der Waals surface area contributed by atoms with Gasteiger partial charge in [0.1, 0.15) is 0 Å². The van der Waals surface area contributed by atoms with Crippen LogP contribution in [0.1, 0.15) is 38.3 Å². The predicted octanol–water partition coefficient (Wildman–Crippen LogP) is 2.62. The first-order valence-corrected chi connectivity index (χ1v) is 6.47. The average Bonchev–Trinajstić information content (AvgIpc) is 2.83. The molecule has 2 rings (SSSR count). The summed E-state index contributed by atoms with van der Waals surface area (Å²) < 4.78 is 16.3. The fourth-order valence-electron chi connectivity index (χ4n) is 2.00. The molecule has 100 valence electrons. The highest BCUT2D eigenvalue weighted by Crippen LogP contribution is 2.33. The molecule has 0 radical (unpaired) electrons. The normalized spacial score (nSPS) is 16.6. The molecule has 0 fully saturated rings. The van der Waals surface area contributed by atoms with E-state index in [1.54, 1.807) is 0 Å². The van der Waals surface area contributed by atoms with Crippen molar-refractivity contribution in [3.63, 3.8) is 0 Å². The predicted molar refractivity (Wildman–Crippen MR) is 69.8 cm³/mol. The lowest BCUT2D eigenvalue weighted by Crippen LogP contribution is -2.20. The third-order valence-electron chi connectivity index (χ3n) is 3.08. The van der Waals surface area contributed by atoms with Gasteiger partial charge in [0.05, 0.1) is 18.8 Å². The Morgan fingerprint density at radius 1 is 1.33 bits per heavy atom. The van der Waals surface area contributed by atoms with E-state index in [-0.39, 0.29) is 18.9 Å². The van der Waals surface area contributed by atoms with Crippen LogP contribution < -0.4 is 15.2 Å². The molecule has 0 saturated carbocycles. The minimum atomic E-state index is -0.126. The Hall–Kier alpha value is -1.26. The maximum absolute atomic E-state index is 6.11. The van der Waals surface area contributed by atoms with Crippen molar-refractivity contribution in [2.24, 2.45) is 5.73 Å². The van der Waals surface area contributed by atoms with Gasteiger partial charge in [-0.3, -0.25) is 0 Å². The first-order valence-electron chi connectivity index (χ1n) is 6.47. The zero-order chi connectivity index (χ0) is 13.0. The van der Waals surface area contributed by atoms with Crippen LogP contribution >= 0.6 is 0 Å². The lowest BCUT2D eigenvalue weighted by atomic mass is 10.1. The summed E-state index contributed by atoms with van der Waals surface area (Å²) in [7, 11) is 0. The second-order valence-corrected chi connectivity index (χ2v) is 4.65. The van der Waals surface area contributed by atoms with Gasteiger partial charge in [-0.25, -0.2) is 0 Å². The van der Waals surface area contributed by atoms with Crippen LogP contribution in [0.4, 0.5) is 0 Å². The van der Waals surface area contributed by atoms with Gasteiger partial charge in [0, 0.05) is 0 Å². The Balaban J connectivity index is 1.90. The number of hydrogen-bond acceptors (Lipinski definition) is 4. The molecule has 0 bridgehead atoms. The summed E-state index contributed by atoms with van der Waals surface area (Å²) in [5.74, 6) is 1.55. The van der Waals surface area contributed by atoms with Crippen LogP contribution in [0.3, 0.4) is 0 Å². The number of benzene rings is 1. The van der Waals surface area contributed by atoms with Crippen molar-refractivity contribution in [3.8, 4) is 11.5 Å². The van der Waals surface area contributed by atoms with Crippen molar-refractivity contribution < 1.29 is 14.2 Å². The minimum absolute atomic E-state index is 0.126. The van der Waals surface area contributed by atoms with Crippen LogP contribution in [0.25, 0.3) is 0 Å². The first kappa shape index (κ1) is 13.2. The van der Waals surface area contributed by atoms with Gasteiger partial charge in [-0.05, 0) is 31.0 Å². The zero-order valence-electron chi connectivity index (χ0n) is 11.0. The smallest absolute Gasteiger partial charge is 0.231 e. The van der Waals surface area contributed by atoms with Crippen LogP contribution in [0, 0.1) is 0 Å². The second kappa shape index (κ2) is 6.07. The molecule has 2 atom stereocenters. The highest BCUT2D eigenvalue weighted by Gasteiger charge is 2.16. The lowest BCUT2D eigenvalue weighted by molar-refractivity contribution is 0.0503. The topological polar surface area (TPSA) is 53.7 Å². The molecule has 1 heterocycles. The van der Waals surface area contributed by atoms with Crippen LogP contribution in [0.2, 0.25) is 0 Å². The Morgan fingerprint density at radius 3 is 2.89 bits per heavy atom. The first-order chi connectivity index (χ1) is 8.70. The van der Waals surface area contributed by atoms with E-state index in [1.165, 1.54) is 0 Å². The largest absolute Gasteiger partial charge is 0.454 e. The Bertz CT molecular complexity index is 395. The second-order valence-electron chi connectivity index (χ2n) is 4.65. The molecule has 0 saturated heterocycles. The molecule has 1 aromatic carbocycles. The van der Waals surface area contributed by atoms with Crippen molar-refractivity contribution in [1.82, 2.24) is 0 Å². The van der Waals surface area contributed by atoms with Crippen molar-refractivity contribution in [2.75, 3.05) is 13.4 Å². The number of nitrogens with two attached hydrogens (primary N) is 1. The highest BCUT2D eigenvalue weighted by atomic mass is 16.7. The Labute approximate surface area is 108 Å². The summed E-state index contributed by atoms with van der Waals surface area (Å²) in [6.07, 6.45) is 2.45. The molecular weight excluding hydrogens is 230 g/mol. The zero-order valence-corrected chi connectivity index (χ0v) is 11.0. The molecule has 0 amide bonds. The summed E-state index contributed by atoms with van der Waals surface area (Å²) in [6.45, 7) is 5.05. The lowest BCUT2D eigenvalue weighted by Gasteiger charge is -2.17. The van der Waals surface area contributed by atoms with Gasteiger partial charge < -0.3 is 19.9 Å². The SMILES string of the molecule is CCCC(C)OCC(N)c1ccc2c(c1)OCO2. The Morgan fingerprint density at radius 2 is 2.11 bits per heavy atom. The maximum atomic E-state index is 6.11. The molecule has 2 N–H and O–H groups in total. The van der Waals surface area contributed by atoms with E-state index in [2.05, 4.69) is 13.8 Å². The third-order valence-corrected chi connectivity index (χ3v) is 3.08. The van der Waals surface area contributed by atoms with Gasteiger partial charge in [0.25, 0.3) is 0 Å². The van der Waals surface area contributed by atoms with E-state index in [4.69, 9.17) is 19.9 Å². The summed E-state index contributed by atoms with van der Waals surface area (Å²) in [6, 6.07) is 5.67. The quantitative estimate of drug-likeness (QED) is 0.844. The molecule has 1 aliphatic rings. The molecule has 0 aromatic heterocycles. The van der Waals surface area contributed by atoms with Crippen LogP contribution in [-0.4, -0.2) is 19.5 Å². The van der Waals surface area contributed by atoms with Crippen molar-refractivity contribution >= 4 is 0 Å². The number of hydrogen-bond donors (Lipinski definition) is 1. The molecule has 1 aromatic rings. The van der Waals surface area contributed by atoms with Gasteiger partial charge in [0.2, 0.25) is 6.79 Å². The van der Waals surface area contributed by atoms with Gasteiger partial charge in [-0.2, -0.15) is 0 Å². The summed E-state index contributed by atoms with van der Waals surface area (Å²) in [4.78, 5) is 0. The van der Waals surface area contributed by atoms with E-state index in [1.807, 2.05) is 18.2 Å². The van der Waals surface area contributed by atoms with Crippen molar-refractivity contribution in [3.05, 3.63) is 23.8 Å². The third kappa shape index (κ3) is 3.15. The van der Waals surface area contributed by atoms with Crippen LogP contribution in [0.15, 0.2) is 18.2 Å². The fraction of sp³-hybridized carbons (Fsp3) is 0.571. The van der Waals surface area contributed by atoms with Crippen LogP contribution in [-0.2, 0) is 4.74 Å². The van der Waals surface area contributed by atoms with E-state index in [0.717, 1.165) is 29.9 Å². The molecule has 4 heteroatoms. The summed E-state index contributed by atoms with van der Waals surface area (Å²) >= 11 is 0. The molecular formula is C14H21NO3. The molecule has 0 aliphatic carbocycles. The molecule has 2 unspecified atom stereocenters. The summed E-state index contributed by atoms with van der Waals surface area (Å²) in [5.41, 5.74) is 7.13. The molecule has 0 spiro atoms. The van der Waals surface area contributed by atoms with Crippen LogP contribution in [0.5, 0.6) is 11.5 Å². The molecule has 1 aliphatic heterocycles. The van der Waals surface area contributed by atoms with Gasteiger partial charge in [0.15, 0.2) is 11.5 Å². The standard InChI is InChI=1S/C14H21NO3/c1-3-4-10(2)16-8-12(15)11-5-6-13-14(7-11)18-9-17-13/h5-7,10,12H,3-4,8-9,15H2,1-2H3. The summed E-state index contributed by atoms with van der Waals surface area (Å²) in [5, 5.41) is 0. The number of fused-ring (bicyclic) bond motifs is 1. The van der Waals surface area contributed by atoms with E-state index >= 15 is 0 Å². The number of ether oxygens (including phenoxy) is 3. The fourth-order valence-corrected chi connectivity index (χ4v) is 2.00. The highest BCUT2D eigenvalue weighted by molar-refractivity contribution is 5.45. The minimum Gasteiger partial charge on any atom is -0.454 e. The van der Waals surface area contributed by atoms with E-state index in [0.29, 0.717) is 6.61 Å². The van der Waals surface area contributed by atoms with Gasteiger partial charge in [-0.15, -0.1) is 0 Å². The monoisotopic (exact) mass is 251 g/mol. The maximum Gasteiger partial charge on any atom is 0.231 e. The average molecular weight is 251 g/mol. The number of rotatable bonds is 6.